The predicted molar refractivity (Wildman–Crippen MR) is 118 cm³/mol. The minimum absolute atomic E-state index is 0.165. The van der Waals surface area contributed by atoms with E-state index in [-0.39, 0.29) is 18.4 Å². The largest absolute Gasteiger partial charge is 0.497 e. The average Bonchev–Trinajstić information content (AvgIpc) is 2.82. The van der Waals surface area contributed by atoms with Crippen molar-refractivity contribution in [2.75, 3.05) is 58.4 Å². The van der Waals surface area contributed by atoms with Crippen LogP contribution in [0.3, 0.4) is 0 Å². The maximum atomic E-state index is 12.6. The zero-order chi connectivity index (χ0) is 21.9. The van der Waals surface area contributed by atoms with Gasteiger partial charge in [0.05, 0.1) is 31.6 Å². The standard InChI is InChI=1S/C23H29N3O5/c1-29-18-7-9-19(10-8-18)31-17-22(27)25-21-6-3-2-5-20(21)23(28)24-11-4-12-26-13-15-30-16-14-26/h2-3,5-10H,4,11-17H2,1H3,(H,24,28)(H,25,27). The lowest BCUT2D eigenvalue weighted by Gasteiger charge is -2.26. The molecule has 8 heteroatoms. The van der Waals surface area contributed by atoms with Gasteiger partial charge in [0.25, 0.3) is 11.8 Å². The summed E-state index contributed by atoms with van der Waals surface area (Å²) in [5.74, 6) is 0.710. The number of rotatable bonds is 10. The minimum Gasteiger partial charge on any atom is -0.497 e. The van der Waals surface area contributed by atoms with Gasteiger partial charge in [-0.15, -0.1) is 0 Å². The van der Waals surface area contributed by atoms with Crippen molar-refractivity contribution in [1.29, 1.82) is 0 Å². The van der Waals surface area contributed by atoms with Crippen LogP contribution in [0.2, 0.25) is 0 Å². The normalized spacial score (nSPS) is 14.0. The molecule has 2 aromatic rings. The maximum absolute atomic E-state index is 12.6. The van der Waals surface area contributed by atoms with Crippen LogP contribution >= 0.6 is 0 Å². The number of morpholine rings is 1. The third kappa shape index (κ3) is 7.27. The van der Waals surface area contributed by atoms with Crippen molar-refractivity contribution in [2.24, 2.45) is 0 Å². The lowest BCUT2D eigenvalue weighted by Crippen LogP contribution is -2.38. The highest BCUT2D eigenvalue weighted by Crippen LogP contribution is 2.18. The van der Waals surface area contributed by atoms with Crippen molar-refractivity contribution in [3.63, 3.8) is 0 Å². The summed E-state index contributed by atoms with van der Waals surface area (Å²) in [5.41, 5.74) is 0.878. The van der Waals surface area contributed by atoms with Crippen LogP contribution in [0.4, 0.5) is 5.69 Å². The Morgan fingerprint density at radius 1 is 1.03 bits per heavy atom. The van der Waals surface area contributed by atoms with E-state index in [2.05, 4.69) is 15.5 Å². The number of benzene rings is 2. The van der Waals surface area contributed by atoms with E-state index in [1.165, 1.54) is 0 Å². The highest BCUT2D eigenvalue weighted by atomic mass is 16.5. The van der Waals surface area contributed by atoms with E-state index < -0.39 is 0 Å². The summed E-state index contributed by atoms with van der Waals surface area (Å²) in [4.78, 5) is 27.2. The van der Waals surface area contributed by atoms with Gasteiger partial charge in [-0.1, -0.05) is 12.1 Å². The molecule has 0 atom stereocenters. The Morgan fingerprint density at radius 2 is 1.74 bits per heavy atom. The van der Waals surface area contributed by atoms with Gasteiger partial charge in [0.1, 0.15) is 11.5 Å². The average molecular weight is 428 g/mol. The summed E-state index contributed by atoms with van der Waals surface area (Å²) in [5, 5.41) is 5.68. The van der Waals surface area contributed by atoms with Gasteiger partial charge in [0, 0.05) is 19.6 Å². The van der Waals surface area contributed by atoms with E-state index in [9.17, 15) is 9.59 Å². The second-order valence-corrected chi connectivity index (χ2v) is 7.12. The van der Waals surface area contributed by atoms with Crippen molar-refractivity contribution in [2.45, 2.75) is 6.42 Å². The molecule has 31 heavy (non-hydrogen) atoms. The molecule has 1 heterocycles. The number of ether oxygens (including phenoxy) is 3. The van der Waals surface area contributed by atoms with Crippen LogP contribution in [0.15, 0.2) is 48.5 Å². The monoisotopic (exact) mass is 427 g/mol. The van der Waals surface area contributed by atoms with E-state index in [4.69, 9.17) is 14.2 Å². The van der Waals surface area contributed by atoms with E-state index in [0.717, 1.165) is 39.3 Å². The Kier molecular flexibility index (Phi) is 8.69. The molecule has 8 nitrogen and oxygen atoms in total. The summed E-state index contributed by atoms with van der Waals surface area (Å²) in [7, 11) is 1.58. The fourth-order valence-electron chi connectivity index (χ4n) is 3.22. The van der Waals surface area contributed by atoms with E-state index in [0.29, 0.717) is 29.3 Å². The van der Waals surface area contributed by atoms with Gasteiger partial charge < -0.3 is 24.8 Å². The molecule has 1 saturated heterocycles. The highest BCUT2D eigenvalue weighted by Gasteiger charge is 2.14. The Balaban J connectivity index is 1.45. The molecule has 1 aliphatic heterocycles. The van der Waals surface area contributed by atoms with Crippen molar-refractivity contribution in [3.8, 4) is 11.5 Å². The predicted octanol–water partition coefficient (Wildman–Crippen LogP) is 2.16. The Labute approximate surface area is 182 Å². The number of hydrogen-bond donors (Lipinski definition) is 2. The lowest BCUT2D eigenvalue weighted by atomic mass is 10.1. The molecule has 0 bridgehead atoms. The molecule has 2 aromatic carbocycles. The Bertz CT molecular complexity index is 851. The molecule has 0 unspecified atom stereocenters. The van der Waals surface area contributed by atoms with Gasteiger partial charge in [-0.05, 0) is 49.4 Å². The molecule has 3 rings (SSSR count). The number of anilines is 1. The summed E-state index contributed by atoms with van der Waals surface area (Å²) in [6.07, 6.45) is 0.857. The van der Waals surface area contributed by atoms with Crippen molar-refractivity contribution in [3.05, 3.63) is 54.1 Å². The van der Waals surface area contributed by atoms with Crippen LogP contribution in [-0.4, -0.2) is 69.8 Å². The molecular weight excluding hydrogens is 398 g/mol. The number of carbonyl (C=O) groups is 2. The number of methoxy groups -OCH3 is 1. The van der Waals surface area contributed by atoms with Crippen molar-refractivity contribution < 1.29 is 23.8 Å². The topological polar surface area (TPSA) is 89.1 Å². The smallest absolute Gasteiger partial charge is 0.262 e. The molecule has 0 radical (unpaired) electrons. The molecule has 0 spiro atoms. The number of para-hydroxylation sites is 1. The van der Waals surface area contributed by atoms with Crippen LogP contribution in [0.1, 0.15) is 16.8 Å². The summed E-state index contributed by atoms with van der Waals surface area (Å²) in [6, 6.07) is 13.9. The van der Waals surface area contributed by atoms with E-state index in [1.807, 2.05) is 0 Å². The molecule has 1 fully saturated rings. The summed E-state index contributed by atoms with van der Waals surface area (Å²) in [6.45, 7) is 4.72. The number of nitrogens with zero attached hydrogens (tertiary/aromatic N) is 1. The van der Waals surface area contributed by atoms with Gasteiger partial charge in [-0.2, -0.15) is 0 Å². The van der Waals surface area contributed by atoms with Crippen LogP contribution in [0.25, 0.3) is 0 Å². The number of amides is 2. The van der Waals surface area contributed by atoms with Gasteiger partial charge in [0.2, 0.25) is 0 Å². The minimum atomic E-state index is -0.344. The molecule has 1 aliphatic rings. The van der Waals surface area contributed by atoms with E-state index >= 15 is 0 Å². The van der Waals surface area contributed by atoms with Gasteiger partial charge in [0.15, 0.2) is 6.61 Å². The lowest BCUT2D eigenvalue weighted by molar-refractivity contribution is -0.118. The molecule has 166 valence electrons. The van der Waals surface area contributed by atoms with Crippen LogP contribution < -0.4 is 20.1 Å². The molecule has 2 amide bonds. The summed E-state index contributed by atoms with van der Waals surface area (Å²) >= 11 is 0. The fourth-order valence-corrected chi connectivity index (χ4v) is 3.22. The van der Waals surface area contributed by atoms with Crippen LogP contribution in [0.5, 0.6) is 11.5 Å². The van der Waals surface area contributed by atoms with Gasteiger partial charge in [-0.25, -0.2) is 0 Å². The number of carbonyl (C=O) groups excluding carboxylic acids is 2. The van der Waals surface area contributed by atoms with Crippen LogP contribution in [0, 0.1) is 0 Å². The second-order valence-electron chi connectivity index (χ2n) is 7.12. The zero-order valence-corrected chi connectivity index (χ0v) is 17.8. The first-order chi connectivity index (χ1) is 15.2. The van der Waals surface area contributed by atoms with Crippen molar-refractivity contribution in [1.82, 2.24) is 10.2 Å². The third-order valence-corrected chi connectivity index (χ3v) is 4.92. The molecule has 2 N–H and O–H groups in total. The second kappa shape index (κ2) is 11.9. The SMILES string of the molecule is COc1ccc(OCC(=O)Nc2ccccc2C(=O)NCCCN2CCOCC2)cc1. The quantitative estimate of drug-likeness (QED) is 0.565. The molecule has 0 saturated carbocycles. The summed E-state index contributed by atoms with van der Waals surface area (Å²) < 4.78 is 15.9. The number of hydrogen-bond acceptors (Lipinski definition) is 6. The maximum Gasteiger partial charge on any atom is 0.262 e. The van der Waals surface area contributed by atoms with Gasteiger partial charge >= 0.3 is 0 Å². The fraction of sp³-hybridized carbons (Fsp3) is 0.391. The first-order valence-corrected chi connectivity index (χ1v) is 10.4. The molecular formula is C23H29N3O5. The zero-order valence-electron chi connectivity index (χ0n) is 17.8. The third-order valence-electron chi connectivity index (χ3n) is 4.92. The molecule has 0 aliphatic carbocycles. The van der Waals surface area contributed by atoms with Gasteiger partial charge in [-0.3, -0.25) is 14.5 Å². The number of nitrogens with one attached hydrogen (secondary N) is 2. The molecule has 0 aromatic heterocycles. The first-order valence-electron chi connectivity index (χ1n) is 10.4. The first kappa shape index (κ1) is 22.6. The van der Waals surface area contributed by atoms with E-state index in [1.54, 1.807) is 55.6 Å². The van der Waals surface area contributed by atoms with Crippen molar-refractivity contribution >= 4 is 17.5 Å². The van der Waals surface area contributed by atoms with Crippen LogP contribution in [-0.2, 0) is 9.53 Å². The highest BCUT2D eigenvalue weighted by molar-refractivity contribution is 6.04. The Morgan fingerprint density at radius 3 is 2.48 bits per heavy atom. The Hall–Kier alpha value is -3.10.